The van der Waals surface area contributed by atoms with Gasteiger partial charge in [0.15, 0.2) is 11.5 Å². The summed E-state index contributed by atoms with van der Waals surface area (Å²) in [5, 5.41) is 4.98. The van der Waals surface area contributed by atoms with Crippen LogP contribution in [0, 0.1) is 0 Å². The molecule has 0 unspecified atom stereocenters. The number of benzene rings is 2. The van der Waals surface area contributed by atoms with Crippen LogP contribution in [0.5, 0.6) is 11.5 Å². The Morgan fingerprint density at radius 2 is 1.91 bits per heavy atom. The number of thiazole rings is 1. The molecule has 5 nitrogen and oxygen atoms in total. The lowest BCUT2D eigenvalue weighted by Crippen LogP contribution is -1.93. The van der Waals surface area contributed by atoms with E-state index in [4.69, 9.17) is 9.47 Å². The highest BCUT2D eigenvalue weighted by atomic mass is 32.1. The molecule has 0 amide bonds. The molecule has 0 aliphatic carbocycles. The number of nitrogens with zero attached hydrogens (tertiary/aromatic N) is 2. The van der Waals surface area contributed by atoms with Gasteiger partial charge in [-0.3, -0.25) is 5.43 Å². The average molecular weight is 313 g/mol. The van der Waals surface area contributed by atoms with Gasteiger partial charge in [0.25, 0.3) is 0 Å². The zero-order valence-electron chi connectivity index (χ0n) is 12.2. The Hall–Kier alpha value is -2.60. The number of hydrogen-bond acceptors (Lipinski definition) is 6. The van der Waals surface area contributed by atoms with Gasteiger partial charge in [-0.1, -0.05) is 23.5 Å². The molecule has 0 aliphatic heterocycles. The molecule has 0 aliphatic rings. The predicted molar refractivity (Wildman–Crippen MR) is 90.4 cm³/mol. The van der Waals surface area contributed by atoms with E-state index < -0.39 is 0 Å². The molecule has 0 bridgehead atoms. The van der Waals surface area contributed by atoms with E-state index in [1.165, 1.54) is 0 Å². The van der Waals surface area contributed by atoms with Crippen LogP contribution in [0.15, 0.2) is 47.6 Å². The van der Waals surface area contributed by atoms with Crippen LogP contribution < -0.4 is 14.9 Å². The van der Waals surface area contributed by atoms with Gasteiger partial charge in [0, 0.05) is 0 Å². The van der Waals surface area contributed by atoms with Gasteiger partial charge in [-0.25, -0.2) is 4.98 Å². The normalized spacial score (nSPS) is 11.0. The fourth-order valence-electron chi connectivity index (χ4n) is 2.02. The van der Waals surface area contributed by atoms with Gasteiger partial charge in [-0.2, -0.15) is 5.10 Å². The van der Waals surface area contributed by atoms with Gasteiger partial charge >= 0.3 is 0 Å². The molecule has 3 aromatic rings. The fourth-order valence-corrected chi connectivity index (χ4v) is 2.83. The van der Waals surface area contributed by atoms with Crippen molar-refractivity contribution in [2.75, 3.05) is 19.6 Å². The minimum absolute atomic E-state index is 0.673. The van der Waals surface area contributed by atoms with Crippen molar-refractivity contribution in [1.29, 1.82) is 0 Å². The molecule has 0 radical (unpaired) electrons. The van der Waals surface area contributed by atoms with Crippen LogP contribution >= 0.6 is 11.3 Å². The summed E-state index contributed by atoms with van der Waals surface area (Å²) in [5.74, 6) is 1.37. The molecule has 1 aromatic heterocycles. The Labute approximate surface area is 132 Å². The van der Waals surface area contributed by atoms with Crippen LogP contribution in [-0.2, 0) is 0 Å². The number of methoxy groups -OCH3 is 2. The standard InChI is InChI=1S/C16H15N3O2S/c1-20-13-8-7-11(9-14(13)21-2)10-17-19-16-18-12-5-3-4-6-15(12)22-16/h3-10H,1-2H3,(H,18,19). The number of nitrogens with one attached hydrogen (secondary N) is 1. The molecule has 0 spiro atoms. The largest absolute Gasteiger partial charge is 0.493 e. The molecular formula is C16H15N3O2S. The van der Waals surface area contributed by atoms with Gasteiger partial charge in [-0.15, -0.1) is 0 Å². The van der Waals surface area contributed by atoms with Gasteiger partial charge in [0.2, 0.25) is 5.13 Å². The third kappa shape index (κ3) is 3.01. The highest BCUT2D eigenvalue weighted by molar-refractivity contribution is 7.22. The molecule has 0 saturated carbocycles. The van der Waals surface area contributed by atoms with Crippen molar-refractivity contribution in [3.63, 3.8) is 0 Å². The van der Waals surface area contributed by atoms with Crippen LogP contribution in [0.3, 0.4) is 0 Å². The summed E-state index contributed by atoms with van der Waals surface area (Å²) in [6.07, 6.45) is 1.72. The van der Waals surface area contributed by atoms with E-state index in [0.29, 0.717) is 11.5 Å². The van der Waals surface area contributed by atoms with E-state index in [0.717, 1.165) is 20.9 Å². The summed E-state index contributed by atoms with van der Waals surface area (Å²) in [4.78, 5) is 4.45. The maximum atomic E-state index is 5.26. The Bertz CT molecular complexity index is 781. The van der Waals surface area contributed by atoms with E-state index in [9.17, 15) is 0 Å². The van der Waals surface area contributed by atoms with Crippen molar-refractivity contribution in [3.05, 3.63) is 48.0 Å². The Kier molecular flexibility index (Phi) is 4.20. The van der Waals surface area contributed by atoms with E-state index in [1.807, 2.05) is 42.5 Å². The van der Waals surface area contributed by atoms with Crippen LogP contribution in [0.4, 0.5) is 5.13 Å². The lowest BCUT2D eigenvalue weighted by molar-refractivity contribution is 0.355. The van der Waals surface area contributed by atoms with E-state index in [2.05, 4.69) is 15.5 Å². The summed E-state index contributed by atoms with van der Waals surface area (Å²) in [6, 6.07) is 13.6. The average Bonchev–Trinajstić information content (AvgIpc) is 2.97. The van der Waals surface area contributed by atoms with E-state index >= 15 is 0 Å². The maximum Gasteiger partial charge on any atom is 0.204 e. The van der Waals surface area contributed by atoms with Gasteiger partial charge < -0.3 is 9.47 Å². The maximum absolute atomic E-state index is 5.26. The van der Waals surface area contributed by atoms with Crippen LogP contribution in [-0.4, -0.2) is 25.4 Å². The number of para-hydroxylation sites is 1. The number of hydrogen-bond donors (Lipinski definition) is 1. The van der Waals surface area contributed by atoms with Crippen LogP contribution in [0.1, 0.15) is 5.56 Å². The van der Waals surface area contributed by atoms with Crippen molar-refractivity contribution in [2.24, 2.45) is 5.10 Å². The molecule has 0 fully saturated rings. The third-order valence-electron chi connectivity index (χ3n) is 3.08. The topological polar surface area (TPSA) is 55.7 Å². The number of hydrazone groups is 1. The SMILES string of the molecule is COc1ccc(C=NNc2nc3ccccc3s2)cc1OC. The first-order valence-electron chi connectivity index (χ1n) is 6.67. The zero-order chi connectivity index (χ0) is 15.4. The lowest BCUT2D eigenvalue weighted by atomic mass is 10.2. The summed E-state index contributed by atoms with van der Waals surface area (Å²) in [5.41, 5.74) is 4.83. The first-order valence-corrected chi connectivity index (χ1v) is 7.48. The number of rotatable bonds is 5. The second-order valence-corrected chi connectivity index (χ2v) is 5.50. The summed E-state index contributed by atoms with van der Waals surface area (Å²) >= 11 is 1.57. The highest BCUT2D eigenvalue weighted by Gasteiger charge is 2.03. The smallest absolute Gasteiger partial charge is 0.204 e. The molecule has 1 heterocycles. The number of aromatic nitrogens is 1. The minimum atomic E-state index is 0.673. The molecule has 1 N–H and O–H groups in total. The Morgan fingerprint density at radius 3 is 2.68 bits per heavy atom. The van der Waals surface area contributed by atoms with Gasteiger partial charge in [0.1, 0.15) is 0 Å². The van der Waals surface area contributed by atoms with Crippen molar-refractivity contribution >= 4 is 32.9 Å². The molecule has 6 heteroatoms. The Morgan fingerprint density at radius 1 is 1.09 bits per heavy atom. The summed E-state index contributed by atoms with van der Waals surface area (Å²) in [7, 11) is 3.22. The highest BCUT2D eigenvalue weighted by Crippen LogP contribution is 2.27. The predicted octanol–water partition coefficient (Wildman–Crippen LogP) is 3.76. The monoisotopic (exact) mass is 313 g/mol. The van der Waals surface area contributed by atoms with Crippen LogP contribution in [0.25, 0.3) is 10.2 Å². The van der Waals surface area contributed by atoms with Crippen molar-refractivity contribution in [3.8, 4) is 11.5 Å². The molecule has 2 aromatic carbocycles. The molecule has 0 saturated heterocycles. The number of anilines is 1. The summed E-state index contributed by atoms with van der Waals surface area (Å²) < 4.78 is 11.6. The van der Waals surface area contributed by atoms with Gasteiger partial charge in [0.05, 0.1) is 30.7 Å². The zero-order valence-corrected chi connectivity index (χ0v) is 13.1. The third-order valence-corrected chi connectivity index (χ3v) is 4.02. The number of ether oxygens (including phenoxy) is 2. The molecular weight excluding hydrogens is 298 g/mol. The van der Waals surface area contributed by atoms with Gasteiger partial charge in [-0.05, 0) is 35.9 Å². The van der Waals surface area contributed by atoms with Crippen molar-refractivity contribution in [1.82, 2.24) is 4.98 Å². The number of fused-ring (bicyclic) bond motifs is 1. The molecule has 0 atom stereocenters. The lowest BCUT2D eigenvalue weighted by Gasteiger charge is -2.07. The van der Waals surface area contributed by atoms with E-state index in [1.54, 1.807) is 31.8 Å². The second kappa shape index (κ2) is 6.44. The first-order chi connectivity index (χ1) is 10.8. The van der Waals surface area contributed by atoms with Crippen LogP contribution in [0.2, 0.25) is 0 Å². The quantitative estimate of drug-likeness (QED) is 0.575. The van der Waals surface area contributed by atoms with E-state index in [-0.39, 0.29) is 0 Å². The molecule has 112 valence electrons. The fraction of sp³-hybridized carbons (Fsp3) is 0.125. The summed E-state index contributed by atoms with van der Waals surface area (Å²) in [6.45, 7) is 0. The second-order valence-electron chi connectivity index (χ2n) is 4.47. The first kappa shape index (κ1) is 14.3. The molecule has 3 rings (SSSR count). The van der Waals surface area contributed by atoms with Crippen molar-refractivity contribution < 1.29 is 9.47 Å². The minimum Gasteiger partial charge on any atom is -0.493 e. The Balaban J connectivity index is 1.74. The van der Waals surface area contributed by atoms with Crippen molar-refractivity contribution in [2.45, 2.75) is 0 Å². The molecule has 22 heavy (non-hydrogen) atoms.